The zero-order valence-electron chi connectivity index (χ0n) is 13.3. The summed E-state index contributed by atoms with van der Waals surface area (Å²) in [6.45, 7) is 0. The Bertz CT molecular complexity index is 760. The third-order valence-corrected chi connectivity index (χ3v) is 4.50. The first-order valence-electron chi connectivity index (χ1n) is 7.75. The molecule has 0 atom stereocenters. The highest BCUT2D eigenvalue weighted by Crippen LogP contribution is 2.39. The number of nitrogens with zero attached hydrogens (tertiary/aromatic N) is 1. The molecule has 0 amide bonds. The van der Waals surface area contributed by atoms with Crippen molar-refractivity contribution in [1.29, 1.82) is 0 Å². The van der Waals surface area contributed by atoms with E-state index >= 15 is 0 Å². The van der Waals surface area contributed by atoms with Crippen molar-refractivity contribution in [2.45, 2.75) is 24.8 Å². The molecule has 126 valence electrons. The number of benzene rings is 2. The lowest BCUT2D eigenvalue weighted by Gasteiger charge is -2.33. The number of aliphatic imine (C=N–C) groups is 1. The molecule has 0 bridgehead atoms. The van der Waals surface area contributed by atoms with Crippen LogP contribution in [0, 0.1) is 5.82 Å². The van der Waals surface area contributed by atoms with Crippen LogP contribution < -0.4 is 15.8 Å². The molecule has 1 aliphatic carbocycles. The number of guanidine groups is 1. The molecule has 0 unspecified atom stereocenters. The van der Waals surface area contributed by atoms with Crippen LogP contribution in [0.25, 0.3) is 0 Å². The molecule has 0 radical (unpaired) electrons. The molecule has 4 nitrogen and oxygen atoms in total. The number of rotatable bonds is 4. The molecule has 0 aromatic heterocycles. The monoisotopic (exact) mass is 347 g/mol. The van der Waals surface area contributed by atoms with Gasteiger partial charge in [0.15, 0.2) is 5.96 Å². The third-order valence-electron chi connectivity index (χ3n) is 4.20. The van der Waals surface area contributed by atoms with Crippen LogP contribution in [0.2, 0.25) is 5.02 Å². The van der Waals surface area contributed by atoms with Gasteiger partial charge in [0.05, 0.1) is 18.2 Å². The second-order valence-electron chi connectivity index (χ2n) is 5.83. The summed E-state index contributed by atoms with van der Waals surface area (Å²) in [6.07, 6.45) is 1.60. The van der Waals surface area contributed by atoms with Crippen molar-refractivity contribution in [2.75, 3.05) is 12.4 Å². The SMILES string of the molecule is COc1ccc(NC(N)=NC2CC(c3ccccc3F)C2)cc1Cl. The summed E-state index contributed by atoms with van der Waals surface area (Å²) >= 11 is 6.08. The fraction of sp³-hybridized carbons (Fsp3) is 0.278. The van der Waals surface area contributed by atoms with Gasteiger partial charge in [0.1, 0.15) is 11.6 Å². The van der Waals surface area contributed by atoms with E-state index in [9.17, 15) is 4.39 Å². The molecule has 2 aromatic rings. The topological polar surface area (TPSA) is 59.6 Å². The van der Waals surface area contributed by atoms with E-state index in [-0.39, 0.29) is 17.8 Å². The number of nitrogens with one attached hydrogen (secondary N) is 1. The number of hydrogen-bond acceptors (Lipinski definition) is 2. The van der Waals surface area contributed by atoms with E-state index in [1.54, 1.807) is 25.3 Å². The summed E-state index contributed by atoms with van der Waals surface area (Å²) in [5.41, 5.74) is 7.45. The Balaban J connectivity index is 1.58. The molecular weight excluding hydrogens is 329 g/mol. The van der Waals surface area contributed by atoms with Crippen LogP contribution in [0.5, 0.6) is 5.75 Å². The van der Waals surface area contributed by atoms with Crippen molar-refractivity contribution in [3.63, 3.8) is 0 Å². The zero-order chi connectivity index (χ0) is 17.1. The van der Waals surface area contributed by atoms with E-state index < -0.39 is 0 Å². The summed E-state index contributed by atoms with van der Waals surface area (Å²) in [5.74, 6) is 0.991. The van der Waals surface area contributed by atoms with Crippen molar-refractivity contribution in [3.05, 3.63) is 58.9 Å². The Labute approximate surface area is 145 Å². The molecule has 2 aromatic carbocycles. The number of anilines is 1. The lowest BCUT2D eigenvalue weighted by molar-refractivity contribution is 0.344. The fourth-order valence-electron chi connectivity index (χ4n) is 2.87. The molecule has 0 heterocycles. The van der Waals surface area contributed by atoms with Gasteiger partial charge >= 0.3 is 0 Å². The van der Waals surface area contributed by atoms with Gasteiger partial charge < -0.3 is 15.8 Å². The van der Waals surface area contributed by atoms with Crippen LogP contribution >= 0.6 is 11.6 Å². The highest BCUT2D eigenvalue weighted by Gasteiger charge is 2.31. The molecule has 0 aliphatic heterocycles. The molecule has 1 fully saturated rings. The second-order valence-corrected chi connectivity index (χ2v) is 6.24. The first-order valence-corrected chi connectivity index (χ1v) is 8.13. The Morgan fingerprint density at radius 3 is 2.71 bits per heavy atom. The van der Waals surface area contributed by atoms with Gasteiger partial charge in [-0.05, 0) is 48.6 Å². The van der Waals surface area contributed by atoms with Crippen molar-refractivity contribution in [2.24, 2.45) is 10.7 Å². The third kappa shape index (κ3) is 3.62. The molecule has 0 saturated heterocycles. The van der Waals surface area contributed by atoms with Crippen LogP contribution in [-0.4, -0.2) is 19.1 Å². The lowest BCUT2D eigenvalue weighted by Crippen LogP contribution is -2.31. The van der Waals surface area contributed by atoms with Gasteiger partial charge in [-0.1, -0.05) is 29.8 Å². The van der Waals surface area contributed by atoms with E-state index in [2.05, 4.69) is 10.3 Å². The van der Waals surface area contributed by atoms with Crippen LogP contribution in [-0.2, 0) is 0 Å². The number of hydrogen-bond donors (Lipinski definition) is 2. The van der Waals surface area contributed by atoms with Gasteiger partial charge in [-0.2, -0.15) is 0 Å². The first kappa shape index (κ1) is 16.6. The van der Waals surface area contributed by atoms with E-state index in [1.165, 1.54) is 6.07 Å². The molecule has 0 spiro atoms. The number of halogens is 2. The minimum atomic E-state index is -0.149. The van der Waals surface area contributed by atoms with Crippen LogP contribution in [0.15, 0.2) is 47.5 Å². The van der Waals surface area contributed by atoms with Gasteiger partial charge in [-0.3, -0.25) is 0 Å². The minimum absolute atomic E-state index is 0.107. The average molecular weight is 348 g/mol. The molecule has 6 heteroatoms. The molecule has 1 aliphatic rings. The van der Waals surface area contributed by atoms with E-state index in [0.717, 1.165) is 24.1 Å². The summed E-state index contributed by atoms with van der Waals surface area (Å²) in [4.78, 5) is 4.44. The van der Waals surface area contributed by atoms with Gasteiger partial charge in [-0.15, -0.1) is 0 Å². The van der Waals surface area contributed by atoms with Crippen LogP contribution in [0.1, 0.15) is 24.3 Å². The Morgan fingerprint density at radius 1 is 1.29 bits per heavy atom. The zero-order valence-corrected chi connectivity index (χ0v) is 14.1. The maximum Gasteiger partial charge on any atom is 0.193 e. The quantitative estimate of drug-likeness (QED) is 0.645. The number of ether oxygens (including phenoxy) is 1. The van der Waals surface area contributed by atoms with Crippen molar-refractivity contribution >= 4 is 23.2 Å². The minimum Gasteiger partial charge on any atom is -0.495 e. The van der Waals surface area contributed by atoms with E-state index in [1.807, 2.05) is 18.2 Å². The highest BCUT2D eigenvalue weighted by atomic mass is 35.5. The van der Waals surface area contributed by atoms with Crippen LogP contribution in [0.3, 0.4) is 0 Å². The molecular formula is C18H19ClFN3O. The number of methoxy groups -OCH3 is 1. The number of nitrogens with two attached hydrogens (primary N) is 1. The average Bonchev–Trinajstić information content (AvgIpc) is 2.52. The fourth-order valence-corrected chi connectivity index (χ4v) is 3.13. The van der Waals surface area contributed by atoms with Crippen LogP contribution in [0.4, 0.5) is 10.1 Å². The van der Waals surface area contributed by atoms with E-state index in [4.69, 9.17) is 22.1 Å². The molecule has 24 heavy (non-hydrogen) atoms. The van der Waals surface area contributed by atoms with Gasteiger partial charge in [0, 0.05) is 5.69 Å². The predicted octanol–water partition coefficient (Wildman–Crippen LogP) is 4.16. The van der Waals surface area contributed by atoms with Gasteiger partial charge in [0.2, 0.25) is 0 Å². The molecule has 1 saturated carbocycles. The van der Waals surface area contributed by atoms with E-state index in [0.29, 0.717) is 16.7 Å². The van der Waals surface area contributed by atoms with Gasteiger partial charge in [-0.25, -0.2) is 9.38 Å². The van der Waals surface area contributed by atoms with Crippen molar-refractivity contribution < 1.29 is 9.13 Å². The Morgan fingerprint density at radius 2 is 2.04 bits per heavy atom. The Hall–Kier alpha value is -2.27. The van der Waals surface area contributed by atoms with Crippen molar-refractivity contribution in [3.8, 4) is 5.75 Å². The lowest BCUT2D eigenvalue weighted by atomic mass is 9.76. The first-order chi connectivity index (χ1) is 11.6. The normalized spacial score (nSPS) is 20.4. The maximum atomic E-state index is 13.7. The standard InChI is InChI=1S/C18H19ClFN3O/c1-24-17-7-6-12(10-15(17)19)22-18(21)23-13-8-11(9-13)14-4-2-3-5-16(14)20/h2-7,10-11,13H,8-9H2,1H3,(H3,21,22,23). The Kier molecular flexibility index (Phi) is 4.90. The summed E-state index contributed by atoms with van der Waals surface area (Å²) in [6, 6.07) is 12.3. The van der Waals surface area contributed by atoms with Gasteiger partial charge in [0.25, 0.3) is 0 Å². The summed E-state index contributed by atoms with van der Waals surface area (Å²) < 4.78 is 18.8. The smallest absolute Gasteiger partial charge is 0.193 e. The highest BCUT2D eigenvalue weighted by molar-refractivity contribution is 6.32. The summed E-state index contributed by atoms with van der Waals surface area (Å²) in [5, 5.41) is 3.51. The largest absolute Gasteiger partial charge is 0.495 e. The van der Waals surface area contributed by atoms with Crippen molar-refractivity contribution in [1.82, 2.24) is 0 Å². The molecule has 3 N–H and O–H groups in total. The summed E-state index contributed by atoms with van der Waals surface area (Å²) in [7, 11) is 1.56. The maximum absolute atomic E-state index is 13.7. The molecule has 3 rings (SSSR count). The predicted molar refractivity (Wildman–Crippen MR) is 95.4 cm³/mol. The second kappa shape index (κ2) is 7.09.